The van der Waals surface area contributed by atoms with Gasteiger partial charge in [-0.25, -0.2) is 4.79 Å². The van der Waals surface area contributed by atoms with Gasteiger partial charge in [-0.3, -0.25) is 9.59 Å². The van der Waals surface area contributed by atoms with E-state index in [4.69, 9.17) is 9.47 Å². The summed E-state index contributed by atoms with van der Waals surface area (Å²) in [5.41, 5.74) is 2.91. The van der Waals surface area contributed by atoms with Crippen LogP contribution in [-0.4, -0.2) is 30.4 Å². The van der Waals surface area contributed by atoms with E-state index in [0.717, 1.165) is 11.1 Å². The van der Waals surface area contributed by atoms with Crippen molar-refractivity contribution in [2.24, 2.45) is 5.92 Å². The van der Waals surface area contributed by atoms with Crippen molar-refractivity contribution >= 4 is 23.5 Å². The number of esters is 1. The number of benzene rings is 3. The molecule has 0 bridgehead atoms. The minimum absolute atomic E-state index is 0.135. The zero-order chi connectivity index (χ0) is 25.9. The van der Waals surface area contributed by atoms with Crippen molar-refractivity contribution in [3.8, 4) is 5.75 Å². The Morgan fingerprint density at radius 1 is 0.861 bits per heavy atom. The van der Waals surface area contributed by atoms with Crippen LogP contribution >= 0.6 is 0 Å². The second kappa shape index (κ2) is 13.1. The number of hydrogen-bond donors (Lipinski definition) is 2. The van der Waals surface area contributed by atoms with E-state index in [1.54, 1.807) is 36.4 Å². The number of anilines is 1. The van der Waals surface area contributed by atoms with Crippen molar-refractivity contribution in [3.63, 3.8) is 0 Å². The zero-order valence-corrected chi connectivity index (χ0v) is 20.8. The van der Waals surface area contributed by atoms with Gasteiger partial charge in [-0.1, -0.05) is 62.4 Å². The second-order valence-electron chi connectivity index (χ2n) is 8.93. The summed E-state index contributed by atoms with van der Waals surface area (Å²) < 4.78 is 11.0. The Morgan fingerprint density at radius 2 is 1.53 bits per heavy atom. The van der Waals surface area contributed by atoms with Crippen molar-refractivity contribution < 1.29 is 23.9 Å². The summed E-state index contributed by atoms with van der Waals surface area (Å²) in [4.78, 5) is 37.7. The summed E-state index contributed by atoms with van der Waals surface area (Å²) in [6.45, 7) is 5.71. The fourth-order valence-corrected chi connectivity index (χ4v) is 3.56. The van der Waals surface area contributed by atoms with Gasteiger partial charge in [0.25, 0.3) is 11.8 Å². The van der Waals surface area contributed by atoms with Gasteiger partial charge < -0.3 is 20.1 Å². The summed E-state index contributed by atoms with van der Waals surface area (Å²) in [5.74, 6) is -0.671. The van der Waals surface area contributed by atoms with Crippen molar-refractivity contribution in [2.45, 2.75) is 39.8 Å². The molecule has 2 amide bonds. The lowest BCUT2D eigenvalue weighted by Gasteiger charge is -2.20. The van der Waals surface area contributed by atoms with Gasteiger partial charge in [-0.05, 0) is 60.7 Å². The molecule has 3 aromatic carbocycles. The molecule has 0 saturated carbocycles. The molecule has 0 spiro atoms. The second-order valence-corrected chi connectivity index (χ2v) is 8.93. The maximum absolute atomic E-state index is 12.7. The lowest BCUT2D eigenvalue weighted by molar-refractivity contribution is -0.149. The number of hydrogen-bond acceptors (Lipinski definition) is 5. The topological polar surface area (TPSA) is 93.7 Å². The number of ether oxygens (including phenoxy) is 2. The van der Waals surface area contributed by atoms with Crippen LogP contribution in [0.1, 0.15) is 41.8 Å². The molecular formula is C29H32N2O5. The first-order chi connectivity index (χ1) is 17.3. The largest absolute Gasteiger partial charge is 0.489 e. The molecule has 0 saturated heterocycles. The molecule has 7 nitrogen and oxygen atoms in total. The molecule has 0 aromatic heterocycles. The van der Waals surface area contributed by atoms with Crippen molar-refractivity contribution in [3.05, 3.63) is 95.6 Å². The van der Waals surface area contributed by atoms with Crippen LogP contribution in [0.3, 0.4) is 0 Å². The Labute approximate surface area is 211 Å². The first-order valence-electron chi connectivity index (χ1n) is 11.9. The Kier molecular flexibility index (Phi) is 9.63. The van der Waals surface area contributed by atoms with Gasteiger partial charge in [0.1, 0.15) is 18.4 Å². The molecular weight excluding hydrogens is 456 g/mol. The molecule has 188 valence electrons. The fourth-order valence-electron chi connectivity index (χ4n) is 3.56. The molecule has 1 unspecified atom stereocenters. The molecule has 0 fully saturated rings. The predicted octanol–water partition coefficient (Wildman–Crippen LogP) is 4.90. The third-order valence-electron chi connectivity index (χ3n) is 5.42. The molecule has 0 aliphatic carbocycles. The SMILES string of the molecule is Cc1ccccc1C(=O)NC(CC(C)C)C(=O)OCC(=O)Nc1ccc(OCc2ccccc2)cc1. The molecule has 0 aliphatic rings. The monoisotopic (exact) mass is 488 g/mol. The quantitative estimate of drug-likeness (QED) is 0.375. The van der Waals surface area contributed by atoms with Gasteiger partial charge in [0.05, 0.1) is 0 Å². The van der Waals surface area contributed by atoms with Crippen molar-refractivity contribution in [2.75, 3.05) is 11.9 Å². The molecule has 0 heterocycles. The van der Waals surface area contributed by atoms with Gasteiger partial charge >= 0.3 is 5.97 Å². The van der Waals surface area contributed by atoms with E-state index in [-0.39, 0.29) is 11.8 Å². The van der Waals surface area contributed by atoms with Crippen molar-refractivity contribution in [1.82, 2.24) is 5.32 Å². The summed E-state index contributed by atoms with van der Waals surface area (Å²) >= 11 is 0. The number of aryl methyl sites for hydroxylation is 1. The molecule has 3 aromatic rings. The number of amides is 2. The summed E-state index contributed by atoms with van der Waals surface area (Å²) in [6, 6.07) is 23.0. The van der Waals surface area contributed by atoms with E-state index in [1.807, 2.05) is 63.2 Å². The Hall–Kier alpha value is -4.13. The predicted molar refractivity (Wildman–Crippen MR) is 139 cm³/mol. The highest BCUT2D eigenvalue weighted by molar-refractivity contribution is 5.98. The third-order valence-corrected chi connectivity index (χ3v) is 5.42. The molecule has 1 atom stereocenters. The minimum atomic E-state index is -0.856. The van der Waals surface area contributed by atoms with E-state index in [9.17, 15) is 14.4 Å². The smallest absolute Gasteiger partial charge is 0.329 e. The Bertz CT molecular complexity index is 1160. The molecule has 7 heteroatoms. The van der Waals surface area contributed by atoms with Gasteiger partial charge in [0.15, 0.2) is 6.61 Å². The summed E-state index contributed by atoms with van der Waals surface area (Å²) in [6.07, 6.45) is 0.391. The number of nitrogens with one attached hydrogen (secondary N) is 2. The van der Waals surface area contributed by atoms with Crippen LogP contribution in [0, 0.1) is 12.8 Å². The van der Waals surface area contributed by atoms with E-state index < -0.39 is 24.5 Å². The standard InChI is InChI=1S/C29H32N2O5/c1-20(2)17-26(31-28(33)25-12-8-7-9-21(25)3)29(34)36-19-27(32)30-23-13-15-24(16-14-23)35-18-22-10-5-4-6-11-22/h4-16,20,26H,17-19H2,1-3H3,(H,30,32)(H,31,33). The van der Waals surface area contributed by atoms with Gasteiger partial charge in [-0.2, -0.15) is 0 Å². The highest BCUT2D eigenvalue weighted by atomic mass is 16.5. The van der Waals surface area contributed by atoms with E-state index in [2.05, 4.69) is 10.6 Å². The van der Waals surface area contributed by atoms with Crippen LogP contribution < -0.4 is 15.4 Å². The van der Waals surface area contributed by atoms with E-state index in [1.165, 1.54) is 0 Å². The van der Waals surface area contributed by atoms with Crippen LogP contribution in [0.25, 0.3) is 0 Å². The summed E-state index contributed by atoms with van der Waals surface area (Å²) in [7, 11) is 0. The maximum atomic E-state index is 12.7. The highest BCUT2D eigenvalue weighted by Gasteiger charge is 2.25. The van der Waals surface area contributed by atoms with Crippen LogP contribution in [0.5, 0.6) is 5.75 Å². The number of carbonyl (C=O) groups is 3. The maximum Gasteiger partial charge on any atom is 0.329 e. The molecule has 0 radical (unpaired) electrons. The highest BCUT2D eigenvalue weighted by Crippen LogP contribution is 2.17. The first kappa shape index (κ1) is 26.5. The van der Waals surface area contributed by atoms with Crippen LogP contribution in [-0.2, 0) is 20.9 Å². The third kappa shape index (κ3) is 8.27. The van der Waals surface area contributed by atoms with E-state index in [0.29, 0.717) is 30.0 Å². The Balaban J connectivity index is 1.49. The normalized spacial score (nSPS) is 11.4. The molecule has 0 aliphatic heterocycles. The lowest BCUT2D eigenvalue weighted by atomic mass is 10.0. The number of carbonyl (C=O) groups excluding carboxylic acids is 3. The minimum Gasteiger partial charge on any atom is -0.489 e. The fraction of sp³-hybridized carbons (Fsp3) is 0.276. The first-order valence-corrected chi connectivity index (χ1v) is 11.9. The molecule has 3 rings (SSSR count). The summed E-state index contributed by atoms with van der Waals surface area (Å²) in [5, 5.41) is 5.44. The van der Waals surface area contributed by atoms with Gasteiger partial charge in [-0.15, -0.1) is 0 Å². The molecule has 2 N–H and O–H groups in total. The average molecular weight is 489 g/mol. The van der Waals surface area contributed by atoms with Crippen LogP contribution in [0.2, 0.25) is 0 Å². The van der Waals surface area contributed by atoms with E-state index >= 15 is 0 Å². The zero-order valence-electron chi connectivity index (χ0n) is 20.8. The van der Waals surface area contributed by atoms with Gasteiger partial charge in [0, 0.05) is 11.3 Å². The lowest BCUT2D eigenvalue weighted by Crippen LogP contribution is -2.43. The number of rotatable bonds is 11. The Morgan fingerprint density at radius 3 is 2.19 bits per heavy atom. The average Bonchev–Trinajstić information content (AvgIpc) is 2.87. The van der Waals surface area contributed by atoms with Crippen LogP contribution in [0.15, 0.2) is 78.9 Å². The molecule has 36 heavy (non-hydrogen) atoms. The van der Waals surface area contributed by atoms with Gasteiger partial charge in [0.2, 0.25) is 0 Å². The van der Waals surface area contributed by atoms with Crippen molar-refractivity contribution in [1.29, 1.82) is 0 Å². The van der Waals surface area contributed by atoms with Crippen LogP contribution in [0.4, 0.5) is 5.69 Å².